The van der Waals surface area contributed by atoms with Crippen molar-refractivity contribution in [1.29, 1.82) is 0 Å². The number of rotatable bonds is 3. The van der Waals surface area contributed by atoms with Crippen molar-refractivity contribution in [3.63, 3.8) is 0 Å². The van der Waals surface area contributed by atoms with Crippen molar-refractivity contribution < 1.29 is 9.72 Å². The number of carbonyl (C=O) groups excluding carboxylic acids is 1. The lowest BCUT2D eigenvalue weighted by Gasteiger charge is -2.38. The zero-order valence-electron chi connectivity index (χ0n) is 14.1. The molecule has 0 bridgehead atoms. The molecule has 3 atom stereocenters. The number of carbonyl (C=O) groups is 1. The van der Waals surface area contributed by atoms with Crippen molar-refractivity contribution in [2.45, 2.75) is 25.3 Å². The van der Waals surface area contributed by atoms with E-state index in [-0.39, 0.29) is 29.3 Å². The van der Waals surface area contributed by atoms with Crippen LogP contribution in [0, 0.1) is 16.0 Å². The third-order valence-electron chi connectivity index (χ3n) is 5.29. The van der Waals surface area contributed by atoms with E-state index in [1.54, 1.807) is 25.1 Å². The summed E-state index contributed by atoms with van der Waals surface area (Å²) >= 11 is 6.39. The predicted molar refractivity (Wildman–Crippen MR) is 101 cm³/mol. The maximum absolute atomic E-state index is 11.7. The molecular formula is C20H17ClN2O3. The SMILES string of the molecule is CC(=O)c1ccc2c(c1)[C@@H]1C=CC[C@@H]1[C@@H](c1cc([N+](=O)[O-])ccc1Cl)N2. The van der Waals surface area contributed by atoms with Gasteiger partial charge in [-0.25, -0.2) is 0 Å². The van der Waals surface area contributed by atoms with E-state index in [9.17, 15) is 14.9 Å². The van der Waals surface area contributed by atoms with Crippen LogP contribution in [0.25, 0.3) is 0 Å². The Morgan fingerprint density at radius 1 is 1.23 bits per heavy atom. The number of ketones is 1. The van der Waals surface area contributed by atoms with E-state index in [1.807, 2.05) is 12.1 Å². The quantitative estimate of drug-likeness (QED) is 0.346. The molecule has 26 heavy (non-hydrogen) atoms. The first-order chi connectivity index (χ1) is 12.5. The Labute approximate surface area is 155 Å². The number of nitro benzene ring substituents is 1. The highest BCUT2D eigenvalue weighted by molar-refractivity contribution is 6.31. The molecular weight excluding hydrogens is 352 g/mol. The number of anilines is 1. The normalized spacial score (nSPS) is 23.1. The molecule has 5 nitrogen and oxygen atoms in total. The van der Waals surface area contributed by atoms with E-state index in [4.69, 9.17) is 11.6 Å². The van der Waals surface area contributed by atoms with Crippen LogP contribution in [-0.2, 0) is 0 Å². The Morgan fingerprint density at radius 2 is 2.04 bits per heavy atom. The van der Waals surface area contributed by atoms with Crippen molar-refractivity contribution in [3.8, 4) is 0 Å². The molecule has 2 aromatic carbocycles. The standard InChI is InChI=1S/C20H17ClN2O3/c1-11(24)12-5-8-19-16(9-12)14-3-2-4-15(14)20(22-19)17-10-13(23(25)26)6-7-18(17)21/h2-3,5-10,14-15,20,22H,4H2,1H3/t14-,15+,20+/m1/s1. The molecule has 0 fully saturated rings. The number of Topliss-reactive ketones (excluding diaryl/α,β-unsaturated/α-hetero) is 1. The van der Waals surface area contributed by atoms with Gasteiger partial charge in [0.15, 0.2) is 5.78 Å². The number of fused-ring (bicyclic) bond motifs is 3. The highest BCUT2D eigenvalue weighted by atomic mass is 35.5. The molecule has 0 aromatic heterocycles. The average molecular weight is 369 g/mol. The molecule has 1 aliphatic carbocycles. The van der Waals surface area contributed by atoms with Crippen LogP contribution in [0.4, 0.5) is 11.4 Å². The van der Waals surface area contributed by atoms with E-state index in [0.717, 1.165) is 23.2 Å². The van der Waals surface area contributed by atoms with Crippen LogP contribution in [0.15, 0.2) is 48.6 Å². The van der Waals surface area contributed by atoms with Gasteiger partial charge >= 0.3 is 0 Å². The highest BCUT2D eigenvalue weighted by Gasteiger charge is 2.39. The third kappa shape index (κ3) is 2.69. The summed E-state index contributed by atoms with van der Waals surface area (Å²) in [7, 11) is 0. The van der Waals surface area contributed by atoms with Gasteiger partial charge in [-0.05, 0) is 49.1 Å². The molecule has 0 unspecified atom stereocenters. The van der Waals surface area contributed by atoms with Gasteiger partial charge in [0.05, 0.1) is 11.0 Å². The minimum absolute atomic E-state index is 0.0337. The van der Waals surface area contributed by atoms with Crippen LogP contribution in [0.1, 0.15) is 46.8 Å². The number of hydrogen-bond donors (Lipinski definition) is 1. The molecule has 1 heterocycles. The molecule has 2 aliphatic rings. The average Bonchev–Trinajstić information content (AvgIpc) is 3.11. The van der Waals surface area contributed by atoms with Gasteiger partial charge in [-0.15, -0.1) is 0 Å². The summed E-state index contributed by atoms with van der Waals surface area (Å²) < 4.78 is 0. The van der Waals surface area contributed by atoms with Gasteiger partial charge in [0, 0.05) is 39.9 Å². The summed E-state index contributed by atoms with van der Waals surface area (Å²) in [6.45, 7) is 1.56. The second-order valence-electron chi connectivity index (χ2n) is 6.80. The first-order valence-electron chi connectivity index (χ1n) is 8.47. The Morgan fingerprint density at radius 3 is 2.77 bits per heavy atom. The van der Waals surface area contributed by atoms with Gasteiger partial charge < -0.3 is 5.32 Å². The third-order valence-corrected chi connectivity index (χ3v) is 5.64. The number of halogens is 1. The first kappa shape index (κ1) is 16.8. The zero-order chi connectivity index (χ0) is 18.4. The monoisotopic (exact) mass is 368 g/mol. The molecule has 2 aromatic rings. The number of benzene rings is 2. The molecule has 4 rings (SSSR count). The summed E-state index contributed by atoms with van der Waals surface area (Å²) in [6, 6.07) is 10.1. The van der Waals surface area contributed by atoms with Crippen LogP contribution in [-0.4, -0.2) is 10.7 Å². The molecule has 0 radical (unpaired) electrons. The molecule has 132 valence electrons. The summed E-state index contributed by atoms with van der Waals surface area (Å²) in [5, 5.41) is 15.2. The number of allylic oxidation sites excluding steroid dienone is 2. The van der Waals surface area contributed by atoms with Crippen molar-refractivity contribution in [2.75, 3.05) is 5.32 Å². The summed E-state index contributed by atoms with van der Waals surface area (Å²) in [4.78, 5) is 22.5. The van der Waals surface area contributed by atoms with Crippen LogP contribution in [0.5, 0.6) is 0 Å². The van der Waals surface area contributed by atoms with Gasteiger partial charge in [0.25, 0.3) is 5.69 Å². The second-order valence-corrected chi connectivity index (χ2v) is 7.20. The molecule has 0 spiro atoms. The van der Waals surface area contributed by atoms with E-state index in [2.05, 4.69) is 17.5 Å². The van der Waals surface area contributed by atoms with Gasteiger partial charge in [-0.1, -0.05) is 23.8 Å². The Kier molecular flexibility index (Phi) is 4.04. The maximum atomic E-state index is 11.7. The van der Waals surface area contributed by atoms with Crippen molar-refractivity contribution in [3.05, 3.63) is 80.4 Å². The lowest BCUT2D eigenvalue weighted by molar-refractivity contribution is -0.384. The van der Waals surface area contributed by atoms with Crippen molar-refractivity contribution >= 4 is 28.8 Å². The zero-order valence-corrected chi connectivity index (χ0v) is 14.9. The van der Waals surface area contributed by atoms with Crippen LogP contribution < -0.4 is 5.32 Å². The van der Waals surface area contributed by atoms with Crippen LogP contribution in [0.2, 0.25) is 5.02 Å². The second kappa shape index (κ2) is 6.25. The predicted octanol–water partition coefficient (Wildman–Crippen LogP) is 5.28. The van der Waals surface area contributed by atoms with Crippen LogP contribution >= 0.6 is 11.6 Å². The van der Waals surface area contributed by atoms with E-state index in [0.29, 0.717) is 10.6 Å². The maximum Gasteiger partial charge on any atom is 0.269 e. The summed E-state index contributed by atoms with van der Waals surface area (Å²) in [5.74, 6) is 0.394. The smallest absolute Gasteiger partial charge is 0.269 e. The van der Waals surface area contributed by atoms with E-state index in [1.165, 1.54) is 6.07 Å². The molecule has 1 aliphatic heterocycles. The van der Waals surface area contributed by atoms with Gasteiger partial charge in [-0.3, -0.25) is 14.9 Å². The molecule has 6 heteroatoms. The minimum atomic E-state index is -0.403. The molecule has 0 saturated carbocycles. The molecule has 0 amide bonds. The van der Waals surface area contributed by atoms with E-state index >= 15 is 0 Å². The van der Waals surface area contributed by atoms with Gasteiger partial charge in [0.1, 0.15) is 0 Å². The van der Waals surface area contributed by atoms with Crippen LogP contribution in [0.3, 0.4) is 0 Å². The van der Waals surface area contributed by atoms with E-state index < -0.39 is 4.92 Å². The molecule has 1 N–H and O–H groups in total. The lowest BCUT2D eigenvalue weighted by Crippen LogP contribution is -2.29. The number of nitro groups is 1. The summed E-state index contributed by atoms with van der Waals surface area (Å²) in [5.41, 5.74) is 3.49. The van der Waals surface area contributed by atoms with Gasteiger partial charge in [-0.2, -0.15) is 0 Å². The Bertz CT molecular complexity index is 954. The van der Waals surface area contributed by atoms with Crippen molar-refractivity contribution in [2.24, 2.45) is 5.92 Å². The number of hydrogen-bond acceptors (Lipinski definition) is 4. The first-order valence-corrected chi connectivity index (χ1v) is 8.85. The Hall–Kier alpha value is -2.66. The Balaban J connectivity index is 1.80. The van der Waals surface area contributed by atoms with Crippen molar-refractivity contribution in [1.82, 2.24) is 0 Å². The number of nitrogens with one attached hydrogen (secondary N) is 1. The fraction of sp³-hybridized carbons (Fsp3) is 0.250. The lowest BCUT2D eigenvalue weighted by atomic mass is 9.76. The number of nitrogens with zero attached hydrogens (tertiary/aromatic N) is 1. The summed E-state index contributed by atoms with van der Waals surface area (Å²) in [6.07, 6.45) is 5.14. The minimum Gasteiger partial charge on any atom is -0.378 e. The topological polar surface area (TPSA) is 72.2 Å². The highest BCUT2D eigenvalue weighted by Crippen LogP contribution is 2.51. The fourth-order valence-electron chi connectivity index (χ4n) is 4.00. The largest absolute Gasteiger partial charge is 0.378 e. The van der Waals surface area contributed by atoms with Gasteiger partial charge in [0.2, 0.25) is 0 Å². The molecule has 0 saturated heterocycles. The number of non-ortho nitro benzene ring substituents is 1. The fourth-order valence-corrected chi connectivity index (χ4v) is 4.24.